The van der Waals surface area contributed by atoms with Gasteiger partial charge in [0.05, 0.1) is 5.56 Å². The Balaban J connectivity index is 2.59. The minimum atomic E-state index is -1.45. The van der Waals surface area contributed by atoms with E-state index in [9.17, 15) is 13.6 Å². The highest BCUT2D eigenvalue weighted by Crippen LogP contribution is 2.19. The molecule has 0 spiro atoms. The zero-order valence-electron chi connectivity index (χ0n) is 8.63. The van der Waals surface area contributed by atoms with Gasteiger partial charge in [-0.3, -0.25) is 0 Å². The van der Waals surface area contributed by atoms with Crippen molar-refractivity contribution in [2.75, 3.05) is 0 Å². The van der Waals surface area contributed by atoms with Crippen molar-refractivity contribution in [3.05, 3.63) is 41.5 Å². The van der Waals surface area contributed by atoms with Crippen molar-refractivity contribution in [2.45, 2.75) is 0 Å². The number of carboxylic acid groups (broad SMARTS) is 1. The van der Waals surface area contributed by atoms with Crippen LogP contribution in [0.2, 0.25) is 0 Å². The maximum absolute atomic E-state index is 13.6. The van der Waals surface area contributed by atoms with E-state index in [1.807, 2.05) is 0 Å². The fourth-order valence-corrected chi connectivity index (χ4v) is 1.33. The Morgan fingerprint density at radius 1 is 1.39 bits per heavy atom. The fourth-order valence-electron chi connectivity index (χ4n) is 1.33. The van der Waals surface area contributed by atoms with Crippen LogP contribution in [0.5, 0.6) is 0 Å². The first-order valence-corrected chi connectivity index (χ1v) is 4.57. The van der Waals surface area contributed by atoms with Gasteiger partial charge in [-0.1, -0.05) is 0 Å². The molecule has 2 aromatic rings. The average molecular weight is 250 g/mol. The van der Waals surface area contributed by atoms with Crippen LogP contribution >= 0.6 is 0 Å². The second-order valence-electron chi connectivity index (χ2n) is 3.22. The van der Waals surface area contributed by atoms with Crippen molar-refractivity contribution in [2.24, 2.45) is 0 Å². The number of hydrogen-bond donors (Lipinski definition) is 1. The van der Waals surface area contributed by atoms with Gasteiger partial charge < -0.3 is 5.11 Å². The minimum absolute atomic E-state index is 0.254. The van der Waals surface area contributed by atoms with E-state index in [1.54, 1.807) is 6.07 Å². The number of aromatic nitrogens is 3. The number of nitrogens with zero attached hydrogens (tertiary/aromatic N) is 4. The third kappa shape index (κ3) is 1.89. The van der Waals surface area contributed by atoms with E-state index in [-0.39, 0.29) is 5.82 Å². The van der Waals surface area contributed by atoms with Crippen LogP contribution in [0.4, 0.5) is 8.78 Å². The molecule has 90 valence electrons. The highest BCUT2D eigenvalue weighted by molar-refractivity contribution is 5.87. The summed E-state index contributed by atoms with van der Waals surface area (Å²) >= 11 is 0. The van der Waals surface area contributed by atoms with Gasteiger partial charge in [0.25, 0.3) is 5.82 Å². The first kappa shape index (κ1) is 11.7. The summed E-state index contributed by atoms with van der Waals surface area (Å²) in [6.45, 7) is 0. The van der Waals surface area contributed by atoms with Crippen molar-refractivity contribution in [1.29, 1.82) is 5.26 Å². The molecular weight excluding hydrogens is 246 g/mol. The first-order chi connectivity index (χ1) is 8.52. The monoisotopic (exact) mass is 250 g/mol. The SMILES string of the molecule is N#Cc1ncn(-c2c(F)cc(C(=O)O)cc2F)n1. The summed E-state index contributed by atoms with van der Waals surface area (Å²) < 4.78 is 27.9. The third-order valence-corrected chi connectivity index (χ3v) is 2.08. The number of rotatable bonds is 2. The Hall–Kier alpha value is -2.82. The zero-order chi connectivity index (χ0) is 13.3. The van der Waals surface area contributed by atoms with E-state index in [4.69, 9.17) is 10.4 Å². The Morgan fingerprint density at radius 2 is 2.00 bits per heavy atom. The molecule has 0 unspecified atom stereocenters. The largest absolute Gasteiger partial charge is 0.478 e. The van der Waals surface area contributed by atoms with Crippen LogP contribution in [0.25, 0.3) is 5.69 Å². The minimum Gasteiger partial charge on any atom is -0.478 e. The quantitative estimate of drug-likeness (QED) is 0.862. The maximum atomic E-state index is 13.6. The number of carboxylic acids is 1. The molecular formula is C10H4F2N4O2. The summed E-state index contributed by atoms with van der Waals surface area (Å²) in [7, 11) is 0. The molecule has 1 heterocycles. The Bertz CT molecular complexity index is 652. The number of carbonyl (C=O) groups is 1. The van der Waals surface area contributed by atoms with E-state index in [0.717, 1.165) is 11.0 Å². The number of hydrogen-bond acceptors (Lipinski definition) is 4. The smallest absolute Gasteiger partial charge is 0.335 e. The van der Waals surface area contributed by atoms with Gasteiger partial charge in [0.2, 0.25) is 0 Å². The van der Waals surface area contributed by atoms with E-state index >= 15 is 0 Å². The first-order valence-electron chi connectivity index (χ1n) is 4.57. The molecule has 2 rings (SSSR count). The molecule has 0 amide bonds. The number of aromatic carboxylic acids is 1. The van der Waals surface area contributed by atoms with E-state index in [2.05, 4.69) is 10.1 Å². The van der Waals surface area contributed by atoms with Gasteiger partial charge in [0.1, 0.15) is 18.1 Å². The van der Waals surface area contributed by atoms with Gasteiger partial charge in [-0.2, -0.15) is 5.26 Å². The van der Waals surface area contributed by atoms with Crippen LogP contribution < -0.4 is 0 Å². The summed E-state index contributed by atoms with van der Waals surface area (Å²) in [6.07, 6.45) is 0.959. The summed E-state index contributed by atoms with van der Waals surface area (Å²) in [4.78, 5) is 14.1. The molecule has 1 N–H and O–H groups in total. The lowest BCUT2D eigenvalue weighted by molar-refractivity contribution is 0.0695. The van der Waals surface area contributed by atoms with Crippen molar-refractivity contribution in [3.63, 3.8) is 0 Å². The lowest BCUT2D eigenvalue weighted by Gasteiger charge is -2.05. The molecule has 18 heavy (non-hydrogen) atoms. The summed E-state index contributed by atoms with van der Waals surface area (Å²) in [5, 5.41) is 20.6. The number of halogens is 2. The molecule has 1 aromatic carbocycles. The third-order valence-electron chi connectivity index (χ3n) is 2.08. The van der Waals surface area contributed by atoms with Crippen LogP contribution in [-0.4, -0.2) is 25.8 Å². The molecule has 0 aliphatic heterocycles. The van der Waals surface area contributed by atoms with Gasteiger partial charge in [-0.05, 0) is 12.1 Å². The van der Waals surface area contributed by atoms with Crippen molar-refractivity contribution in [1.82, 2.24) is 14.8 Å². The molecule has 6 nitrogen and oxygen atoms in total. The topological polar surface area (TPSA) is 91.8 Å². The van der Waals surface area contributed by atoms with E-state index < -0.39 is 28.9 Å². The van der Waals surface area contributed by atoms with E-state index in [0.29, 0.717) is 12.1 Å². The van der Waals surface area contributed by atoms with Gasteiger partial charge in [-0.25, -0.2) is 23.2 Å². The van der Waals surface area contributed by atoms with Gasteiger partial charge in [0, 0.05) is 0 Å². The molecule has 0 saturated carbocycles. The Morgan fingerprint density at radius 3 is 2.44 bits per heavy atom. The second kappa shape index (κ2) is 4.21. The standard InChI is InChI=1S/C10H4F2N4O2/c11-6-1-5(10(17)18)2-7(12)9(6)16-4-14-8(3-13)15-16/h1-2,4H,(H,17,18). The number of nitriles is 1. The lowest BCUT2D eigenvalue weighted by Crippen LogP contribution is -2.06. The number of benzene rings is 1. The average Bonchev–Trinajstić information content (AvgIpc) is 2.76. The van der Waals surface area contributed by atoms with Crippen LogP contribution in [0.15, 0.2) is 18.5 Å². The van der Waals surface area contributed by atoms with Crippen molar-refractivity contribution < 1.29 is 18.7 Å². The Labute approximate surface area is 98.7 Å². The van der Waals surface area contributed by atoms with E-state index in [1.165, 1.54) is 0 Å². The molecule has 0 aliphatic rings. The summed E-state index contributed by atoms with van der Waals surface area (Å²) in [6, 6.07) is 2.93. The molecule has 0 saturated heterocycles. The van der Waals surface area contributed by atoms with Crippen molar-refractivity contribution >= 4 is 5.97 Å². The fraction of sp³-hybridized carbons (Fsp3) is 0. The van der Waals surface area contributed by atoms with Gasteiger partial charge in [-0.15, -0.1) is 5.10 Å². The van der Waals surface area contributed by atoms with Crippen LogP contribution in [0, 0.1) is 23.0 Å². The van der Waals surface area contributed by atoms with Gasteiger partial charge >= 0.3 is 5.97 Å². The normalized spacial score (nSPS) is 10.1. The highest BCUT2D eigenvalue weighted by Gasteiger charge is 2.17. The molecule has 0 bridgehead atoms. The zero-order valence-corrected chi connectivity index (χ0v) is 8.63. The molecule has 0 atom stereocenters. The molecule has 0 aliphatic carbocycles. The molecule has 1 aromatic heterocycles. The second-order valence-corrected chi connectivity index (χ2v) is 3.22. The van der Waals surface area contributed by atoms with Gasteiger partial charge in [0.15, 0.2) is 11.6 Å². The summed E-state index contributed by atoms with van der Waals surface area (Å²) in [5.74, 6) is -3.92. The molecule has 0 fully saturated rings. The van der Waals surface area contributed by atoms with Crippen molar-refractivity contribution in [3.8, 4) is 11.8 Å². The van der Waals surface area contributed by atoms with Crippen LogP contribution in [0.3, 0.4) is 0 Å². The van der Waals surface area contributed by atoms with Crippen LogP contribution in [-0.2, 0) is 0 Å². The lowest BCUT2D eigenvalue weighted by atomic mass is 10.2. The predicted octanol–water partition coefficient (Wildman–Crippen LogP) is 1.12. The predicted molar refractivity (Wildman–Crippen MR) is 52.9 cm³/mol. The molecule has 0 radical (unpaired) electrons. The maximum Gasteiger partial charge on any atom is 0.335 e. The molecule has 8 heteroatoms. The Kier molecular flexibility index (Phi) is 2.73. The van der Waals surface area contributed by atoms with Crippen LogP contribution in [0.1, 0.15) is 16.2 Å². The highest BCUT2D eigenvalue weighted by atomic mass is 19.1. The summed E-state index contributed by atoms with van der Waals surface area (Å²) in [5.41, 5.74) is -1.11.